The highest BCUT2D eigenvalue weighted by Crippen LogP contribution is 2.15. The molecule has 0 atom stereocenters. The van der Waals surface area contributed by atoms with Gasteiger partial charge in [0.2, 0.25) is 5.91 Å². The zero-order chi connectivity index (χ0) is 17.5. The molecular formula is C17H25BrN3O3+. The number of primary amides is 1. The van der Waals surface area contributed by atoms with Crippen molar-refractivity contribution < 1.29 is 19.2 Å². The number of nitrogens with zero attached hydrogens (tertiary/aromatic N) is 1. The van der Waals surface area contributed by atoms with E-state index in [-0.39, 0.29) is 17.7 Å². The van der Waals surface area contributed by atoms with Gasteiger partial charge in [-0.1, -0.05) is 15.9 Å². The average Bonchev–Trinajstić information content (AvgIpc) is 2.57. The number of quaternary nitrogens is 1. The first-order valence-electron chi connectivity index (χ1n) is 8.21. The van der Waals surface area contributed by atoms with E-state index in [4.69, 9.17) is 10.5 Å². The number of halogens is 1. The molecular weight excluding hydrogens is 374 g/mol. The van der Waals surface area contributed by atoms with E-state index in [2.05, 4.69) is 15.9 Å². The number of nitrogens with one attached hydrogen (secondary N) is 1. The molecule has 0 aliphatic carbocycles. The SMILES string of the molecule is CN(CCOc1ccc(Br)cc1)C(=O)C[NH+]1CCC(C(N)=O)CC1. The molecule has 3 N–H and O–H groups in total. The summed E-state index contributed by atoms with van der Waals surface area (Å²) in [7, 11) is 1.79. The Morgan fingerprint density at radius 2 is 1.92 bits per heavy atom. The Balaban J connectivity index is 1.67. The van der Waals surface area contributed by atoms with E-state index in [0.29, 0.717) is 19.7 Å². The Kier molecular flexibility index (Phi) is 7.05. The number of hydrogen-bond donors (Lipinski definition) is 2. The molecule has 1 fully saturated rings. The first-order valence-corrected chi connectivity index (χ1v) is 9.00. The smallest absolute Gasteiger partial charge is 0.277 e. The van der Waals surface area contributed by atoms with E-state index in [1.165, 1.54) is 4.90 Å². The maximum Gasteiger partial charge on any atom is 0.277 e. The number of benzene rings is 1. The summed E-state index contributed by atoms with van der Waals surface area (Å²) in [5.41, 5.74) is 5.33. The molecule has 1 heterocycles. The van der Waals surface area contributed by atoms with Crippen LogP contribution in [-0.2, 0) is 9.59 Å². The molecule has 24 heavy (non-hydrogen) atoms. The number of ether oxygens (including phenoxy) is 1. The van der Waals surface area contributed by atoms with Crippen LogP contribution in [0, 0.1) is 5.92 Å². The van der Waals surface area contributed by atoms with E-state index in [9.17, 15) is 9.59 Å². The van der Waals surface area contributed by atoms with Crippen molar-refractivity contribution in [1.82, 2.24) is 4.90 Å². The third kappa shape index (κ3) is 5.79. The van der Waals surface area contributed by atoms with Gasteiger partial charge in [0.1, 0.15) is 12.4 Å². The molecule has 1 aromatic carbocycles. The second-order valence-corrected chi connectivity index (χ2v) is 7.14. The van der Waals surface area contributed by atoms with Crippen LogP contribution in [0.5, 0.6) is 5.75 Å². The lowest BCUT2D eigenvalue weighted by Gasteiger charge is -2.28. The van der Waals surface area contributed by atoms with Crippen LogP contribution in [0.1, 0.15) is 12.8 Å². The first kappa shape index (κ1) is 18.7. The van der Waals surface area contributed by atoms with Crippen LogP contribution in [0.3, 0.4) is 0 Å². The lowest BCUT2D eigenvalue weighted by molar-refractivity contribution is -0.898. The van der Waals surface area contributed by atoms with Crippen LogP contribution in [0.25, 0.3) is 0 Å². The predicted octanol–water partition coefficient (Wildman–Crippen LogP) is 0.0665. The number of amides is 2. The largest absolute Gasteiger partial charge is 0.492 e. The lowest BCUT2D eigenvalue weighted by atomic mass is 9.96. The fourth-order valence-electron chi connectivity index (χ4n) is 2.79. The minimum atomic E-state index is -0.220. The maximum absolute atomic E-state index is 12.3. The van der Waals surface area contributed by atoms with Crippen LogP contribution < -0.4 is 15.4 Å². The van der Waals surface area contributed by atoms with Gasteiger partial charge in [-0.3, -0.25) is 9.59 Å². The van der Waals surface area contributed by atoms with Gasteiger partial charge in [-0.05, 0) is 24.3 Å². The third-order valence-electron chi connectivity index (χ3n) is 4.43. The zero-order valence-electron chi connectivity index (χ0n) is 14.0. The molecule has 0 radical (unpaired) electrons. The highest BCUT2D eigenvalue weighted by atomic mass is 79.9. The first-order chi connectivity index (χ1) is 11.5. The van der Waals surface area contributed by atoms with Crippen LogP contribution in [0.2, 0.25) is 0 Å². The van der Waals surface area contributed by atoms with Gasteiger partial charge in [0.05, 0.1) is 19.6 Å². The molecule has 1 aliphatic heterocycles. The van der Waals surface area contributed by atoms with E-state index < -0.39 is 0 Å². The van der Waals surface area contributed by atoms with Gasteiger partial charge in [0, 0.05) is 30.3 Å². The zero-order valence-corrected chi connectivity index (χ0v) is 15.5. The van der Waals surface area contributed by atoms with Crippen molar-refractivity contribution in [1.29, 1.82) is 0 Å². The Bertz CT molecular complexity index is 557. The van der Waals surface area contributed by atoms with Crippen molar-refractivity contribution in [2.24, 2.45) is 11.7 Å². The molecule has 6 nitrogen and oxygen atoms in total. The van der Waals surface area contributed by atoms with Gasteiger partial charge >= 0.3 is 0 Å². The lowest BCUT2D eigenvalue weighted by Crippen LogP contribution is -3.14. The standard InChI is InChI=1S/C17H24BrN3O3/c1-20(10-11-24-15-4-2-14(18)3-5-15)16(22)12-21-8-6-13(7-9-21)17(19)23/h2-5,13H,6-12H2,1H3,(H2,19,23)/p+1. The Morgan fingerprint density at radius 3 is 2.50 bits per heavy atom. The molecule has 2 rings (SSSR count). The van der Waals surface area contributed by atoms with E-state index in [1.54, 1.807) is 11.9 Å². The quantitative estimate of drug-likeness (QED) is 0.681. The molecule has 0 spiro atoms. The molecule has 1 aromatic rings. The number of nitrogens with two attached hydrogens (primary N) is 1. The van der Waals surface area contributed by atoms with E-state index >= 15 is 0 Å². The minimum absolute atomic E-state index is 0.0270. The van der Waals surface area contributed by atoms with Crippen LogP contribution in [-0.4, -0.2) is 56.5 Å². The van der Waals surface area contributed by atoms with E-state index in [0.717, 1.165) is 36.2 Å². The molecule has 1 saturated heterocycles. The number of likely N-dealkylation sites (tertiary alicyclic amines) is 1. The van der Waals surface area contributed by atoms with Crippen LogP contribution >= 0.6 is 15.9 Å². The van der Waals surface area contributed by atoms with E-state index in [1.807, 2.05) is 24.3 Å². The summed E-state index contributed by atoms with van der Waals surface area (Å²) < 4.78 is 6.64. The third-order valence-corrected chi connectivity index (χ3v) is 4.96. The monoisotopic (exact) mass is 398 g/mol. The fourth-order valence-corrected chi connectivity index (χ4v) is 3.06. The van der Waals surface area contributed by atoms with Crippen LogP contribution in [0.4, 0.5) is 0 Å². The normalized spacial score (nSPS) is 20.4. The summed E-state index contributed by atoms with van der Waals surface area (Å²) in [5, 5.41) is 0. The molecule has 0 aromatic heterocycles. The summed E-state index contributed by atoms with van der Waals surface area (Å²) in [4.78, 5) is 26.4. The second-order valence-electron chi connectivity index (χ2n) is 6.22. The highest BCUT2D eigenvalue weighted by molar-refractivity contribution is 9.10. The predicted molar refractivity (Wildman–Crippen MR) is 94.8 cm³/mol. The molecule has 2 amide bonds. The topological polar surface area (TPSA) is 77.1 Å². The van der Waals surface area contributed by atoms with Crippen molar-refractivity contribution in [2.45, 2.75) is 12.8 Å². The summed E-state index contributed by atoms with van der Waals surface area (Å²) in [6.45, 7) is 3.11. The average molecular weight is 399 g/mol. The number of likely N-dealkylation sites (N-methyl/N-ethyl adjacent to an activating group) is 1. The van der Waals surface area contributed by atoms with Gasteiger partial charge in [-0.15, -0.1) is 0 Å². The summed E-state index contributed by atoms with van der Waals surface area (Å²) in [5.74, 6) is 0.642. The highest BCUT2D eigenvalue weighted by Gasteiger charge is 2.27. The molecule has 132 valence electrons. The summed E-state index contributed by atoms with van der Waals surface area (Å²) in [6, 6.07) is 7.62. The summed E-state index contributed by atoms with van der Waals surface area (Å²) >= 11 is 3.38. The number of piperidine rings is 1. The van der Waals surface area contributed by atoms with Crippen molar-refractivity contribution in [3.05, 3.63) is 28.7 Å². The van der Waals surface area contributed by atoms with Crippen LogP contribution in [0.15, 0.2) is 28.7 Å². The van der Waals surface area contributed by atoms with Gasteiger partial charge in [0.25, 0.3) is 5.91 Å². The van der Waals surface area contributed by atoms with Gasteiger partial charge in [0.15, 0.2) is 6.54 Å². The molecule has 0 saturated carbocycles. The summed E-state index contributed by atoms with van der Waals surface area (Å²) in [6.07, 6.45) is 1.54. The molecule has 0 unspecified atom stereocenters. The van der Waals surface area contributed by atoms with Gasteiger partial charge < -0.3 is 20.3 Å². The van der Waals surface area contributed by atoms with Crippen molar-refractivity contribution in [2.75, 3.05) is 39.8 Å². The maximum atomic E-state index is 12.3. The van der Waals surface area contributed by atoms with Crippen molar-refractivity contribution in [3.8, 4) is 5.75 Å². The number of carbonyl (C=O) groups excluding carboxylic acids is 2. The Labute approximate surface area is 151 Å². The Morgan fingerprint density at radius 1 is 1.29 bits per heavy atom. The number of rotatable bonds is 7. The molecule has 1 aliphatic rings. The Hall–Kier alpha value is -1.60. The van der Waals surface area contributed by atoms with Crippen molar-refractivity contribution >= 4 is 27.7 Å². The molecule has 7 heteroatoms. The van der Waals surface area contributed by atoms with Crippen molar-refractivity contribution in [3.63, 3.8) is 0 Å². The minimum Gasteiger partial charge on any atom is -0.492 e. The number of carbonyl (C=O) groups is 2. The van der Waals surface area contributed by atoms with Gasteiger partial charge in [-0.25, -0.2) is 0 Å². The van der Waals surface area contributed by atoms with Gasteiger partial charge in [-0.2, -0.15) is 0 Å². The molecule has 0 bridgehead atoms. The second kappa shape index (κ2) is 9.03. The number of hydrogen-bond acceptors (Lipinski definition) is 3. The fraction of sp³-hybridized carbons (Fsp3) is 0.529.